The van der Waals surface area contributed by atoms with Crippen LogP contribution in [0.2, 0.25) is 0 Å². The van der Waals surface area contributed by atoms with Gasteiger partial charge in [0.25, 0.3) is 0 Å². The summed E-state index contributed by atoms with van der Waals surface area (Å²) in [5.74, 6) is 0. The van der Waals surface area contributed by atoms with Gasteiger partial charge in [0.2, 0.25) is 0 Å². The minimum absolute atomic E-state index is 0.223. The van der Waals surface area contributed by atoms with Crippen LogP contribution in [0.1, 0.15) is 6.42 Å². The van der Waals surface area contributed by atoms with Crippen LogP contribution < -0.4 is 5.32 Å². The molecule has 0 aromatic rings. The van der Waals surface area contributed by atoms with Crippen LogP contribution >= 0.6 is 0 Å². The van der Waals surface area contributed by atoms with Crippen LogP contribution in [-0.2, 0) is 4.74 Å². The fourth-order valence-electron chi connectivity index (χ4n) is 1.03. The van der Waals surface area contributed by atoms with Gasteiger partial charge in [-0.05, 0) is 13.0 Å². The third-order valence-electron chi connectivity index (χ3n) is 1.65. The molecule has 3 heteroatoms. The van der Waals surface area contributed by atoms with E-state index in [0.29, 0.717) is 13.0 Å². The Hall–Kier alpha value is -0.150. The van der Waals surface area contributed by atoms with Crippen molar-refractivity contribution in [3.05, 3.63) is 0 Å². The van der Waals surface area contributed by atoms with Crippen molar-refractivity contribution in [3.8, 4) is 0 Å². The molecule has 0 aromatic heterocycles. The van der Waals surface area contributed by atoms with Crippen molar-refractivity contribution in [1.29, 1.82) is 0 Å². The molecular weight excluding hydrogens is 121 g/mol. The third-order valence-corrected chi connectivity index (χ3v) is 1.65. The Morgan fingerprint density at radius 1 is 1.67 bits per heavy atom. The molecule has 1 aliphatic heterocycles. The number of alkyl halides is 1. The molecule has 1 N–H and O–H groups in total. The molecule has 1 unspecified atom stereocenters. The van der Waals surface area contributed by atoms with Crippen LogP contribution in [0, 0.1) is 0 Å². The zero-order valence-electron chi connectivity index (χ0n) is 5.56. The summed E-state index contributed by atoms with van der Waals surface area (Å²) in [6.07, 6.45) is -0.409. The second kappa shape index (κ2) is 3.13. The Morgan fingerprint density at radius 2 is 2.44 bits per heavy atom. The Balaban J connectivity index is 2.30. The van der Waals surface area contributed by atoms with Gasteiger partial charge in [-0.25, -0.2) is 4.39 Å². The first kappa shape index (κ1) is 6.96. The fraction of sp³-hybridized carbons (Fsp3) is 1.00. The van der Waals surface area contributed by atoms with E-state index in [1.807, 2.05) is 0 Å². The highest BCUT2D eigenvalue weighted by atomic mass is 19.1. The van der Waals surface area contributed by atoms with Gasteiger partial charge >= 0.3 is 0 Å². The summed E-state index contributed by atoms with van der Waals surface area (Å²) in [6.45, 7) is 1.43. The average Bonchev–Trinajstić information content (AvgIpc) is 1.89. The van der Waals surface area contributed by atoms with E-state index < -0.39 is 6.17 Å². The van der Waals surface area contributed by atoms with Crippen molar-refractivity contribution < 1.29 is 9.13 Å². The molecule has 0 amide bonds. The van der Waals surface area contributed by atoms with Crippen molar-refractivity contribution in [2.75, 3.05) is 20.2 Å². The van der Waals surface area contributed by atoms with E-state index in [-0.39, 0.29) is 6.10 Å². The summed E-state index contributed by atoms with van der Waals surface area (Å²) in [4.78, 5) is 0. The van der Waals surface area contributed by atoms with Crippen molar-refractivity contribution in [2.45, 2.75) is 18.7 Å². The molecule has 0 saturated carbocycles. The van der Waals surface area contributed by atoms with Gasteiger partial charge in [0.15, 0.2) is 0 Å². The summed E-state index contributed by atoms with van der Waals surface area (Å²) in [7, 11) is 1.55. The predicted molar refractivity (Wildman–Crippen MR) is 33.2 cm³/mol. The lowest BCUT2D eigenvalue weighted by Crippen LogP contribution is -2.42. The van der Waals surface area contributed by atoms with E-state index in [2.05, 4.69) is 5.32 Å². The van der Waals surface area contributed by atoms with Crippen molar-refractivity contribution >= 4 is 0 Å². The lowest BCUT2D eigenvalue weighted by atomic mass is 10.1. The maximum Gasteiger partial charge on any atom is 0.129 e. The molecule has 54 valence electrons. The van der Waals surface area contributed by atoms with E-state index in [0.717, 1.165) is 6.54 Å². The van der Waals surface area contributed by atoms with Crippen molar-refractivity contribution in [3.63, 3.8) is 0 Å². The second-order valence-electron chi connectivity index (χ2n) is 2.28. The molecule has 1 heterocycles. The van der Waals surface area contributed by atoms with Crippen LogP contribution in [-0.4, -0.2) is 32.5 Å². The molecule has 1 fully saturated rings. The van der Waals surface area contributed by atoms with Crippen LogP contribution in [0.3, 0.4) is 0 Å². The minimum atomic E-state index is -0.767. The lowest BCUT2D eigenvalue weighted by molar-refractivity contribution is 0.0154. The van der Waals surface area contributed by atoms with Gasteiger partial charge in [0, 0.05) is 13.7 Å². The molecule has 1 aliphatic rings. The highest BCUT2D eigenvalue weighted by molar-refractivity contribution is 4.77. The van der Waals surface area contributed by atoms with Crippen LogP contribution in [0.15, 0.2) is 0 Å². The highest BCUT2D eigenvalue weighted by Crippen LogP contribution is 2.09. The Morgan fingerprint density at radius 3 is 2.89 bits per heavy atom. The molecule has 1 rings (SSSR count). The van der Waals surface area contributed by atoms with Crippen LogP contribution in [0.25, 0.3) is 0 Å². The van der Waals surface area contributed by atoms with Gasteiger partial charge < -0.3 is 10.1 Å². The largest absolute Gasteiger partial charge is 0.377 e. The molecule has 0 aromatic carbocycles. The summed E-state index contributed by atoms with van der Waals surface area (Å²) in [5.41, 5.74) is 0. The summed E-state index contributed by atoms with van der Waals surface area (Å²) in [6, 6.07) is 0. The lowest BCUT2D eigenvalue weighted by Gasteiger charge is -2.24. The maximum absolute atomic E-state index is 12.7. The molecule has 0 radical (unpaired) electrons. The number of methoxy groups -OCH3 is 1. The number of hydrogen-bond donors (Lipinski definition) is 1. The fourth-order valence-corrected chi connectivity index (χ4v) is 1.03. The molecule has 0 spiro atoms. The maximum atomic E-state index is 12.7. The van der Waals surface area contributed by atoms with Gasteiger partial charge in [0.05, 0.1) is 0 Å². The SMILES string of the molecule is CO[C@H]1CNCCC1F. The van der Waals surface area contributed by atoms with Crippen LogP contribution in [0.4, 0.5) is 4.39 Å². The highest BCUT2D eigenvalue weighted by Gasteiger charge is 2.23. The number of nitrogens with one attached hydrogen (secondary N) is 1. The van der Waals surface area contributed by atoms with Gasteiger partial charge in [-0.1, -0.05) is 0 Å². The molecule has 2 atom stereocenters. The van der Waals surface area contributed by atoms with Gasteiger partial charge in [-0.3, -0.25) is 0 Å². The van der Waals surface area contributed by atoms with Crippen molar-refractivity contribution in [2.24, 2.45) is 0 Å². The normalized spacial score (nSPS) is 36.7. The first-order chi connectivity index (χ1) is 4.34. The van der Waals surface area contributed by atoms with E-state index in [1.165, 1.54) is 0 Å². The Labute approximate surface area is 54.4 Å². The zero-order valence-corrected chi connectivity index (χ0v) is 5.56. The number of piperidine rings is 1. The van der Waals surface area contributed by atoms with E-state index >= 15 is 0 Å². The predicted octanol–water partition coefficient (Wildman–Crippen LogP) is 0.333. The molecule has 0 aliphatic carbocycles. The average molecular weight is 133 g/mol. The smallest absolute Gasteiger partial charge is 0.129 e. The number of ether oxygens (including phenoxy) is 1. The molecular formula is C6H12FNO. The quantitative estimate of drug-likeness (QED) is 0.556. The van der Waals surface area contributed by atoms with E-state index in [1.54, 1.807) is 7.11 Å². The summed E-state index contributed by atoms with van der Waals surface area (Å²) >= 11 is 0. The van der Waals surface area contributed by atoms with Gasteiger partial charge in [-0.2, -0.15) is 0 Å². The topological polar surface area (TPSA) is 21.3 Å². The molecule has 1 saturated heterocycles. The van der Waals surface area contributed by atoms with E-state index in [9.17, 15) is 4.39 Å². The molecule has 9 heavy (non-hydrogen) atoms. The Bertz CT molecular complexity index is 89.1. The first-order valence-corrected chi connectivity index (χ1v) is 3.22. The molecule has 2 nitrogen and oxygen atoms in total. The van der Waals surface area contributed by atoms with Gasteiger partial charge in [0.1, 0.15) is 12.3 Å². The second-order valence-corrected chi connectivity index (χ2v) is 2.28. The summed E-state index contributed by atoms with van der Waals surface area (Å²) < 4.78 is 17.5. The monoisotopic (exact) mass is 133 g/mol. The minimum Gasteiger partial charge on any atom is -0.377 e. The zero-order chi connectivity index (χ0) is 6.69. The molecule has 0 bridgehead atoms. The first-order valence-electron chi connectivity index (χ1n) is 3.22. The Kier molecular flexibility index (Phi) is 2.42. The number of halogens is 1. The third kappa shape index (κ3) is 1.63. The van der Waals surface area contributed by atoms with Crippen molar-refractivity contribution in [1.82, 2.24) is 5.32 Å². The number of hydrogen-bond acceptors (Lipinski definition) is 2. The standard InChI is InChI=1S/C6H12FNO/c1-9-6-4-8-3-2-5(6)7/h5-6,8H,2-4H2,1H3/t5?,6-/m0/s1. The van der Waals surface area contributed by atoms with Crippen LogP contribution in [0.5, 0.6) is 0 Å². The van der Waals surface area contributed by atoms with E-state index in [4.69, 9.17) is 4.74 Å². The number of rotatable bonds is 1. The summed E-state index contributed by atoms with van der Waals surface area (Å²) in [5, 5.41) is 3.05. The van der Waals surface area contributed by atoms with Gasteiger partial charge in [-0.15, -0.1) is 0 Å².